The Morgan fingerprint density at radius 1 is 1.43 bits per heavy atom. The zero-order valence-corrected chi connectivity index (χ0v) is 11.7. The van der Waals surface area contributed by atoms with Crippen molar-refractivity contribution in [3.05, 3.63) is 53.1 Å². The van der Waals surface area contributed by atoms with Crippen LogP contribution in [-0.2, 0) is 4.74 Å². The van der Waals surface area contributed by atoms with E-state index in [0.29, 0.717) is 25.4 Å². The van der Waals surface area contributed by atoms with Crippen molar-refractivity contribution in [2.75, 3.05) is 19.7 Å². The summed E-state index contributed by atoms with van der Waals surface area (Å²) in [5.74, 6) is -0.399. The molecule has 1 N–H and O–H groups in total. The van der Waals surface area contributed by atoms with Gasteiger partial charge in [0.1, 0.15) is 17.6 Å². The standard InChI is InChI=1S/C15H16FN3O2/c1-10-8-13(18-17-10)15(20)19-6-7-21-14(9-19)11-2-4-12(16)5-3-11/h2-5,8,14H,6-7,9H2,1H3,(H,17,18). The van der Waals surface area contributed by atoms with Crippen molar-refractivity contribution in [3.8, 4) is 0 Å². The summed E-state index contributed by atoms with van der Waals surface area (Å²) >= 11 is 0. The Bertz CT molecular complexity index is 639. The SMILES string of the molecule is Cc1cc(C(=O)N2CCOC(c3ccc(F)cc3)C2)n[nH]1. The number of carbonyl (C=O) groups is 1. The minimum atomic E-state index is -0.283. The summed E-state index contributed by atoms with van der Waals surface area (Å²) < 4.78 is 18.6. The summed E-state index contributed by atoms with van der Waals surface area (Å²) in [6, 6.07) is 7.90. The van der Waals surface area contributed by atoms with Crippen molar-refractivity contribution in [1.29, 1.82) is 0 Å². The molecule has 1 atom stereocenters. The van der Waals surface area contributed by atoms with Crippen molar-refractivity contribution < 1.29 is 13.9 Å². The van der Waals surface area contributed by atoms with Crippen LogP contribution < -0.4 is 0 Å². The van der Waals surface area contributed by atoms with Gasteiger partial charge in [0.25, 0.3) is 5.91 Å². The summed E-state index contributed by atoms with van der Waals surface area (Å²) in [5.41, 5.74) is 2.13. The Hall–Kier alpha value is -2.21. The molecule has 1 amide bonds. The number of nitrogens with one attached hydrogen (secondary N) is 1. The first kappa shape index (κ1) is 13.8. The predicted octanol–water partition coefficient (Wildman–Crippen LogP) is 2.07. The molecule has 1 saturated heterocycles. The van der Waals surface area contributed by atoms with Crippen LogP contribution in [0.3, 0.4) is 0 Å². The molecule has 1 aromatic carbocycles. The number of benzene rings is 1. The fourth-order valence-corrected chi connectivity index (χ4v) is 2.40. The van der Waals surface area contributed by atoms with Crippen LogP contribution in [0.4, 0.5) is 4.39 Å². The lowest BCUT2D eigenvalue weighted by Gasteiger charge is -2.32. The van der Waals surface area contributed by atoms with E-state index in [1.54, 1.807) is 23.1 Å². The number of H-pyrrole nitrogens is 1. The predicted molar refractivity (Wildman–Crippen MR) is 74.3 cm³/mol. The maximum atomic E-state index is 13.0. The topological polar surface area (TPSA) is 58.2 Å². The van der Waals surface area contributed by atoms with Gasteiger partial charge in [0.15, 0.2) is 0 Å². The minimum absolute atomic E-state index is 0.116. The van der Waals surface area contributed by atoms with Crippen LogP contribution in [-0.4, -0.2) is 40.7 Å². The van der Waals surface area contributed by atoms with Gasteiger partial charge in [-0.2, -0.15) is 5.10 Å². The third-order valence-corrected chi connectivity index (χ3v) is 3.52. The van der Waals surface area contributed by atoms with E-state index in [0.717, 1.165) is 11.3 Å². The van der Waals surface area contributed by atoms with Crippen LogP contribution in [0.1, 0.15) is 27.8 Å². The van der Waals surface area contributed by atoms with E-state index >= 15 is 0 Å². The van der Waals surface area contributed by atoms with E-state index < -0.39 is 0 Å². The molecule has 2 aromatic rings. The average molecular weight is 289 g/mol. The van der Waals surface area contributed by atoms with Gasteiger partial charge >= 0.3 is 0 Å². The number of aromatic amines is 1. The number of aryl methyl sites for hydroxylation is 1. The molecule has 0 bridgehead atoms. The molecule has 0 spiro atoms. The lowest BCUT2D eigenvalue weighted by molar-refractivity contribution is -0.0230. The number of ether oxygens (including phenoxy) is 1. The van der Waals surface area contributed by atoms with Gasteiger partial charge in [0.2, 0.25) is 0 Å². The number of amides is 1. The number of morpholine rings is 1. The van der Waals surface area contributed by atoms with E-state index in [1.807, 2.05) is 6.92 Å². The van der Waals surface area contributed by atoms with Crippen LogP contribution in [0.15, 0.2) is 30.3 Å². The lowest BCUT2D eigenvalue weighted by atomic mass is 10.1. The highest BCUT2D eigenvalue weighted by Gasteiger charge is 2.27. The van der Waals surface area contributed by atoms with E-state index in [4.69, 9.17) is 4.74 Å². The molecule has 21 heavy (non-hydrogen) atoms. The molecule has 6 heteroatoms. The zero-order valence-electron chi connectivity index (χ0n) is 11.7. The summed E-state index contributed by atoms with van der Waals surface area (Å²) in [4.78, 5) is 14.1. The van der Waals surface area contributed by atoms with E-state index in [1.165, 1.54) is 12.1 Å². The third kappa shape index (κ3) is 2.95. The van der Waals surface area contributed by atoms with Gasteiger partial charge in [-0.1, -0.05) is 12.1 Å². The third-order valence-electron chi connectivity index (χ3n) is 3.52. The van der Waals surface area contributed by atoms with Gasteiger partial charge in [-0.25, -0.2) is 4.39 Å². The largest absolute Gasteiger partial charge is 0.370 e. The molecule has 3 rings (SSSR count). The molecule has 1 aromatic heterocycles. The van der Waals surface area contributed by atoms with Gasteiger partial charge in [-0.3, -0.25) is 9.89 Å². The second-order valence-electron chi connectivity index (χ2n) is 5.10. The van der Waals surface area contributed by atoms with Crippen LogP contribution in [0, 0.1) is 12.7 Å². The first-order valence-corrected chi connectivity index (χ1v) is 6.82. The maximum Gasteiger partial charge on any atom is 0.274 e. The highest BCUT2D eigenvalue weighted by molar-refractivity contribution is 5.92. The van der Waals surface area contributed by atoms with Gasteiger partial charge in [-0.05, 0) is 30.7 Å². The minimum Gasteiger partial charge on any atom is -0.370 e. The van der Waals surface area contributed by atoms with Crippen LogP contribution >= 0.6 is 0 Å². The van der Waals surface area contributed by atoms with Crippen LogP contribution in [0.25, 0.3) is 0 Å². The Morgan fingerprint density at radius 2 is 2.19 bits per heavy atom. The summed E-state index contributed by atoms with van der Waals surface area (Å²) in [6.07, 6.45) is -0.233. The first-order valence-electron chi connectivity index (χ1n) is 6.82. The molecule has 110 valence electrons. The molecule has 0 radical (unpaired) electrons. The Balaban J connectivity index is 1.73. The second-order valence-corrected chi connectivity index (χ2v) is 5.10. The number of hydrogen-bond acceptors (Lipinski definition) is 3. The second kappa shape index (κ2) is 5.65. The molecular formula is C15H16FN3O2. The molecule has 1 aliphatic rings. The van der Waals surface area contributed by atoms with Crippen molar-refractivity contribution in [2.24, 2.45) is 0 Å². The number of aromatic nitrogens is 2. The van der Waals surface area contributed by atoms with E-state index in [2.05, 4.69) is 10.2 Å². The van der Waals surface area contributed by atoms with E-state index in [9.17, 15) is 9.18 Å². The quantitative estimate of drug-likeness (QED) is 0.920. The molecule has 2 heterocycles. The smallest absolute Gasteiger partial charge is 0.274 e. The highest BCUT2D eigenvalue weighted by Crippen LogP contribution is 2.23. The van der Waals surface area contributed by atoms with Crippen molar-refractivity contribution in [2.45, 2.75) is 13.0 Å². The monoisotopic (exact) mass is 289 g/mol. The summed E-state index contributed by atoms with van der Waals surface area (Å²) in [5, 5.41) is 6.76. The van der Waals surface area contributed by atoms with Gasteiger partial charge < -0.3 is 9.64 Å². The number of halogens is 1. The Morgan fingerprint density at radius 3 is 2.86 bits per heavy atom. The molecule has 1 fully saturated rings. The lowest BCUT2D eigenvalue weighted by Crippen LogP contribution is -2.42. The van der Waals surface area contributed by atoms with Crippen molar-refractivity contribution >= 4 is 5.91 Å². The molecular weight excluding hydrogens is 273 g/mol. The number of nitrogens with zero attached hydrogens (tertiary/aromatic N) is 2. The molecule has 1 unspecified atom stereocenters. The average Bonchev–Trinajstić information content (AvgIpc) is 2.94. The van der Waals surface area contributed by atoms with Crippen molar-refractivity contribution in [3.63, 3.8) is 0 Å². The van der Waals surface area contributed by atoms with Crippen molar-refractivity contribution in [1.82, 2.24) is 15.1 Å². The zero-order chi connectivity index (χ0) is 14.8. The van der Waals surface area contributed by atoms with Gasteiger partial charge in [-0.15, -0.1) is 0 Å². The van der Waals surface area contributed by atoms with Crippen LogP contribution in [0.2, 0.25) is 0 Å². The van der Waals surface area contributed by atoms with Crippen LogP contribution in [0.5, 0.6) is 0 Å². The van der Waals surface area contributed by atoms with Gasteiger partial charge in [0, 0.05) is 12.2 Å². The Kier molecular flexibility index (Phi) is 3.70. The summed E-state index contributed by atoms with van der Waals surface area (Å²) in [6.45, 7) is 3.28. The van der Waals surface area contributed by atoms with E-state index in [-0.39, 0.29) is 17.8 Å². The fraction of sp³-hybridized carbons (Fsp3) is 0.333. The summed E-state index contributed by atoms with van der Waals surface area (Å²) in [7, 11) is 0. The molecule has 5 nitrogen and oxygen atoms in total. The molecule has 0 saturated carbocycles. The number of carbonyl (C=O) groups excluding carboxylic acids is 1. The Labute approximate surface area is 121 Å². The maximum absolute atomic E-state index is 13.0. The highest BCUT2D eigenvalue weighted by atomic mass is 19.1. The first-order chi connectivity index (χ1) is 10.1. The van der Waals surface area contributed by atoms with Gasteiger partial charge in [0.05, 0.1) is 13.2 Å². The number of rotatable bonds is 2. The number of hydrogen-bond donors (Lipinski definition) is 1. The fourth-order valence-electron chi connectivity index (χ4n) is 2.40. The molecule has 1 aliphatic heterocycles. The normalized spacial score (nSPS) is 18.8. The molecule has 0 aliphatic carbocycles.